The summed E-state index contributed by atoms with van der Waals surface area (Å²) in [6, 6.07) is 7.97. The largest absolute Gasteiger partial charge is 0.389 e. The quantitative estimate of drug-likeness (QED) is 0.941. The van der Waals surface area contributed by atoms with E-state index in [1.165, 1.54) is 12.8 Å². The predicted octanol–water partition coefficient (Wildman–Crippen LogP) is 3.57. The summed E-state index contributed by atoms with van der Waals surface area (Å²) in [6.07, 6.45) is 3.97. The monoisotopic (exact) mass is 306 g/mol. The van der Waals surface area contributed by atoms with Crippen molar-refractivity contribution in [2.24, 2.45) is 0 Å². The number of hydrogen-bond acceptors (Lipinski definition) is 2. The van der Waals surface area contributed by atoms with Crippen molar-refractivity contribution in [1.82, 2.24) is 9.78 Å². The Morgan fingerprint density at radius 1 is 1.39 bits per heavy atom. The minimum absolute atomic E-state index is 0.508. The Balaban J connectivity index is 2.03. The van der Waals surface area contributed by atoms with Crippen LogP contribution >= 0.6 is 15.9 Å². The Bertz CT molecular complexity index is 573. The number of hydrogen-bond donors (Lipinski definition) is 1. The van der Waals surface area contributed by atoms with Crippen LogP contribution in [0.5, 0.6) is 0 Å². The minimum atomic E-state index is -0.508. The van der Waals surface area contributed by atoms with Gasteiger partial charge in [-0.2, -0.15) is 5.10 Å². The highest BCUT2D eigenvalue weighted by molar-refractivity contribution is 9.10. The first-order chi connectivity index (χ1) is 8.65. The average Bonchev–Trinajstić information content (AvgIpc) is 3.08. The standard InChI is InChI=1S/C14H15BrN2O/c1-9(18)12-8-11(15)4-5-14(12)17-7-6-13(16-17)10-2-3-10/h4-10,18H,2-3H2,1H3. The van der Waals surface area contributed by atoms with Gasteiger partial charge in [-0.15, -0.1) is 0 Å². The van der Waals surface area contributed by atoms with Crippen LogP contribution in [0.3, 0.4) is 0 Å². The summed E-state index contributed by atoms with van der Waals surface area (Å²) in [6.45, 7) is 1.77. The number of aliphatic hydroxyl groups excluding tert-OH is 1. The van der Waals surface area contributed by atoms with Crippen molar-refractivity contribution in [2.45, 2.75) is 31.8 Å². The SMILES string of the molecule is CC(O)c1cc(Br)ccc1-n1ccc(C2CC2)n1. The maximum Gasteiger partial charge on any atom is 0.0783 e. The van der Waals surface area contributed by atoms with Gasteiger partial charge >= 0.3 is 0 Å². The molecule has 1 fully saturated rings. The Morgan fingerprint density at radius 3 is 2.83 bits per heavy atom. The Labute approximate surface area is 115 Å². The molecule has 4 heteroatoms. The summed E-state index contributed by atoms with van der Waals surface area (Å²) in [4.78, 5) is 0. The first-order valence-corrected chi connectivity index (χ1v) is 6.98. The zero-order valence-electron chi connectivity index (χ0n) is 10.2. The molecule has 18 heavy (non-hydrogen) atoms. The third-order valence-electron chi connectivity index (χ3n) is 3.29. The fourth-order valence-electron chi connectivity index (χ4n) is 2.14. The number of nitrogens with zero attached hydrogens (tertiary/aromatic N) is 2. The average molecular weight is 307 g/mol. The topological polar surface area (TPSA) is 38.0 Å². The molecule has 1 aromatic carbocycles. The molecule has 1 N–H and O–H groups in total. The number of benzene rings is 1. The summed E-state index contributed by atoms with van der Waals surface area (Å²) in [5, 5.41) is 14.5. The lowest BCUT2D eigenvalue weighted by molar-refractivity contribution is 0.199. The lowest BCUT2D eigenvalue weighted by Gasteiger charge is -2.12. The summed E-state index contributed by atoms with van der Waals surface area (Å²) >= 11 is 3.43. The highest BCUT2D eigenvalue weighted by atomic mass is 79.9. The lowest BCUT2D eigenvalue weighted by Crippen LogP contribution is -2.03. The molecule has 0 bridgehead atoms. The first-order valence-electron chi connectivity index (χ1n) is 6.18. The van der Waals surface area contributed by atoms with Crippen LogP contribution < -0.4 is 0 Å². The van der Waals surface area contributed by atoms with Gasteiger partial charge in [-0.1, -0.05) is 15.9 Å². The van der Waals surface area contributed by atoms with E-state index < -0.39 is 6.10 Å². The summed E-state index contributed by atoms with van der Waals surface area (Å²) in [7, 11) is 0. The van der Waals surface area contributed by atoms with Gasteiger partial charge in [0.2, 0.25) is 0 Å². The first kappa shape index (κ1) is 11.9. The number of halogens is 1. The molecule has 1 heterocycles. The second kappa shape index (κ2) is 4.52. The number of aromatic nitrogens is 2. The van der Waals surface area contributed by atoms with Crippen LogP contribution in [0, 0.1) is 0 Å². The molecule has 0 spiro atoms. The van der Waals surface area contributed by atoms with Crippen molar-refractivity contribution in [3.8, 4) is 5.69 Å². The minimum Gasteiger partial charge on any atom is -0.389 e. The molecule has 1 atom stereocenters. The Kier molecular flexibility index (Phi) is 2.99. The third kappa shape index (κ3) is 2.22. The van der Waals surface area contributed by atoms with E-state index in [1.807, 2.05) is 29.1 Å². The van der Waals surface area contributed by atoms with Crippen molar-refractivity contribution in [2.75, 3.05) is 0 Å². The molecule has 1 unspecified atom stereocenters. The van der Waals surface area contributed by atoms with Crippen LogP contribution in [0.25, 0.3) is 5.69 Å². The van der Waals surface area contributed by atoms with E-state index in [0.717, 1.165) is 21.4 Å². The smallest absolute Gasteiger partial charge is 0.0783 e. The lowest BCUT2D eigenvalue weighted by atomic mass is 10.1. The molecule has 0 aliphatic heterocycles. The maximum absolute atomic E-state index is 9.86. The fraction of sp³-hybridized carbons (Fsp3) is 0.357. The number of aliphatic hydroxyl groups is 1. The van der Waals surface area contributed by atoms with Gasteiger partial charge in [0.15, 0.2) is 0 Å². The molecule has 1 aromatic heterocycles. The molecule has 0 amide bonds. The van der Waals surface area contributed by atoms with Crippen molar-refractivity contribution >= 4 is 15.9 Å². The van der Waals surface area contributed by atoms with Gasteiger partial charge in [0.05, 0.1) is 17.5 Å². The fourth-order valence-corrected chi connectivity index (χ4v) is 2.52. The van der Waals surface area contributed by atoms with Gasteiger partial charge in [0, 0.05) is 22.2 Å². The summed E-state index contributed by atoms with van der Waals surface area (Å²) < 4.78 is 2.83. The van der Waals surface area contributed by atoms with Gasteiger partial charge in [0.25, 0.3) is 0 Å². The van der Waals surface area contributed by atoms with Crippen LogP contribution in [0.2, 0.25) is 0 Å². The molecule has 0 radical (unpaired) electrons. The zero-order chi connectivity index (χ0) is 12.7. The van der Waals surface area contributed by atoms with E-state index in [1.54, 1.807) is 6.92 Å². The van der Waals surface area contributed by atoms with Crippen LogP contribution in [-0.2, 0) is 0 Å². The molecule has 1 aliphatic carbocycles. The van der Waals surface area contributed by atoms with E-state index >= 15 is 0 Å². The van der Waals surface area contributed by atoms with Crippen molar-refractivity contribution in [3.05, 3.63) is 46.2 Å². The van der Waals surface area contributed by atoms with Crippen molar-refractivity contribution < 1.29 is 5.11 Å². The van der Waals surface area contributed by atoms with Crippen molar-refractivity contribution in [3.63, 3.8) is 0 Å². The van der Waals surface area contributed by atoms with E-state index in [9.17, 15) is 5.11 Å². The van der Waals surface area contributed by atoms with E-state index in [2.05, 4.69) is 27.1 Å². The van der Waals surface area contributed by atoms with Gasteiger partial charge < -0.3 is 5.11 Å². The summed E-state index contributed by atoms with van der Waals surface area (Å²) in [5.74, 6) is 0.650. The normalized spacial score (nSPS) is 16.8. The van der Waals surface area contributed by atoms with Crippen molar-refractivity contribution in [1.29, 1.82) is 0 Å². The van der Waals surface area contributed by atoms with Gasteiger partial charge in [-0.25, -0.2) is 4.68 Å². The predicted molar refractivity (Wildman–Crippen MR) is 73.9 cm³/mol. The molecular weight excluding hydrogens is 292 g/mol. The molecule has 3 nitrogen and oxygen atoms in total. The molecule has 94 valence electrons. The van der Waals surface area contributed by atoms with Gasteiger partial charge in [-0.3, -0.25) is 0 Å². The third-order valence-corrected chi connectivity index (χ3v) is 3.79. The van der Waals surface area contributed by atoms with E-state index in [4.69, 9.17) is 0 Å². The Morgan fingerprint density at radius 2 is 2.17 bits per heavy atom. The van der Waals surface area contributed by atoms with Crippen LogP contribution in [-0.4, -0.2) is 14.9 Å². The van der Waals surface area contributed by atoms with Gasteiger partial charge in [-0.05, 0) is 44.0 Å². The van der Waals surface area contributed by atoms with Crippen LogP contribution in [0.4, 0.5) is 0 Å². The van der Waals surface area contributed by atoms with Gasteiger partial charge in [0.1, 0.15) is 0 Å². The molecule has 3 rings (SSSR count). The Hall–Kier alpha value is -1.13. The molecule has 1 saturated carbocycles. The molecule has 1 aliphatic rings. The molecular formula is C14H15BrN2O. The zero-order valence-corrected chi connectivity index (χ0v) is 11.8. The second-order valence-corrected chi connectivity index (χ2v) is 5.75. The van der Waals surface area contributed by atoms with Crippen LogP contribution in [0.15, 0.2) is 34.9 Å². The van der Waals surface area contributed by atoms with E-state index in [0.29, 0.717) is 5.92 Å². The second-order valence-electron chi connectivity index (χ2n) is 4.84. The molecule has 2 aromatic rings. The highest BCUT2D eigenvalue weighted by Crippen LogP contribution is 2.39. The maximum atomic E-state index is 9.86. The highest BCUT2D eigenvalue weighted by Gasteiger charge is 2.26. The summed E-state index contributed by atoms with van der Waals surface area (Å²) in [5.41, 5.74) is 2.99. The van der Waals surface area contributed by atoms with E-state index in [-0.39, 0.29) is 0 Å². The van der Waals surface area contributed by atoms with Crippen LogP contribution in [0.1, 0.15) is 43.0 Å². The number of rotatable bonds is 3. The molecule has 0 saturated heterocycles.